The van der Waals surface area contributed by atoms with Gasteiger partial charge in [0.25, 0.3) is 0 Å². The maximum Gasteiger partial charge on any atom is 0.416 e. The maximum atomic E-state index is 12.9. The standard InChI is InChI=1S/C20H19F3N6O6S2/c21-20(22,23)9-3-1-8(2-4-9)11(30)6-24-14-16(33)29-15(18(34)35)10(7-36-17(14)29)12(5-13(31)32)37-19-25-27-28-26-19/h1-4,11-12,14,17,24,30H,5-7H2,(H,31,32)(H,34,35)(H,25,26,27,28)/t11?,12?,14?,17-/m0/s1. The van der Waals surface area contributed by atoms with Crippen LogP contribution < -0.4 is 5.32 Å². The third-order valence-corrected chi connectivity index (χ3v) is 8.10. The largest absolute Gasteiger partial charge is 0.481 e. The molecule has 1 fully saturated rings. The Morgan fingerprint density at radius 1 is 1.27 bits per heavy atom. The van der Waals surface area contributed by atoms with Crippen LogP contribution >= 0.6 is 23.5 Å². The van der Waals surface area contributed by atoms with Gasteiger partial charge in [0.2, 0.25) is 11.1 Å². The molecule has 0 spiro atoms. The van der Waals surface area contributed by atoms with E-state index >= 15 is 0 Å². The summed E-state index contributed by atoms with van der Waals surface area (Å²) in [5.74, 6) is -3.07. The zero-order valence-electron chi connectivity index (χ0n) is 18.5. The number of aromatic amines is 1. The van der Waals surface area contributed by atoms with Gasteiger partial charge in [-0.15, -0.1) is 22.0 Å². The van der Waals surface area contributed by atoms with Crippen LogP contribution in [0.3, 0.4) is 0 Å². The number of rotatable bonds is 10. The number of aliphatic carboxylic acids is 2. The minimum Gasteiger partial charge on any atom is -0.481 e. The number of carboxylic acid groups (broad SMARTS) is 2. The zero-order chi connectivity index (χ0) is 26.9. The number of hydrogen-bond donors (Lipinski definition) is 5. The number of alkyl halides is 3. The number of nitrogens with zero attached hydrogens (tertiary/aromatic N) is 4. The Balaban J connectivity index is 1.47. The first-order valence-corrected chi connectivity index (χ1v) is 12.5. The lowest BCUT2D eigenvalue weighted by molar-refractivity contribution is -0.149. The molecular formula is C20H19F3N6O6S2. The van der Waals surface area contributed by atoms with Crippen molar-refractivity contribution in [2.45, 2.75) is 40.5 Å². The highest BCUT2D eigenvalue weighted by molar-refractivity contribution is 8.01. The van der Waals surface area contributed by atoms with Gasteiger partial charge in [0.05, 0.1) is 18.1 Å². The summed E-state index contributed by atoms with van der Waals surface area (Å²) in [7, 11) is 0. The predicted octanol–water partition coefficient (Wildman–Crippen LogP) is 1.10. The molecule has 17 heteroatoms. The molecule has 1 saturated heterocycles. The van der Waals surface area contributed by atoms with E-state index in [4.69, 9.17) is 0 Å². The van der Waals surface area contributed by atoms with Gasteiger partial charge in [0.1, 0.15) is 17.1 Å². The van der Waals surface area contributed by atoms with E-state index in [1.54, 1.807) is 0 Å². The fourth-order valence-corrected chi connectivity index (χ4v) is 6.48. The Labute approximate surface area is 214 Å². The molecule has 0 bridgehead atoms. The number of benzene rings is 1. The number of nitrogens with one attached hydrogen (secondary N) is 2. The number of carboxylic acids is 2. The van der Waals surface area contributed by atoms with Gasteiger partial charge >= 0.3 is 18.1 Å². The summed E-state index contributed by atoms with van der Waals surface area (Å²) >= 11 is 2.13. The van der Waals surface area contributed by atoms with Crippen molar-refractivity contribution in [1.82, 2.24) is 30.8 Å². The number of aliphatic hydroxyl groups excluding tert-OH is 1. The molecule has 198 valence electrons. The van der Waals surface area contributed by atoms with Gasteiger partial charge in [-0.1, -0.05) is 23.9 Å². The number of carbonyl (C=O) groups is 3. The normalized spacial score (nSPS) is 21.3. The maximum absolute atomic E-state index is 12.9. The summed E-state index contributed by atoms with van der Waals surface area (Å²) in [6.45, 7) is -0.166. The Kier molecular flexibility index (Phi) is 7.77. The molecular weight excluding hydrogens is 541 g/mol. The molecule has 1 amide bonds. The first-order valence-electron chi connectivity index (χ1n) is 10.6. The summed E-state index contributed by atoms with van der Waals surface area (Å²) in [6, 6.07) is 3.12. The second-order valence-electron chi connectivity index (χ2n) is 8.01. The van der Waals surface area contributed by atoms with E-state index < -0.39 is 58.8 Å². The van der Waals surface area contributed by atoms with Crippen LogP contribution in [0.15, 0.2) is 40.7 Å². The molecule has 12 nitrogen and oxygen atoms in total. The van der Waals surface area contributed by atoms with Crippen LogP contribution in [-0.2, 0) is 20.6 Å². The van der Waals surface area contributed by atoms with Crippen LogP contribution in [0, 0.1) is 0 Å². The third-order valence-electron chi connectivity index (χ3n) is 5.68. The van der Waals surface area contributed by atoms with E-state index in [0.29, 0.717) is 0 Å². The number of tetrazole rings is 1. The van der Waals surface area contributed by atoms with Crippen molar-refractivity contribution in [3.63, 3.8) is 0 Å². The lowest BCUT2D eigenvalue weighted by Gasteiger charge is -2.50. The van der Waals surface area contributed by atoms with E-state index in [0.717, 1.165) is 40.9 Å². The molecule has 2 aliphatic heterocycles. The number of hydrogen-bond acceptors (Lipinski definition) is 10. The highest BCUT2D eigenvalue weighted by Gasteiger charge is 2.54. The lowest BCUT2D eigenvalue weighted by atomic mass is 9.99. The second kappa shape index (κ2) is 10.7. The van der Waals surface area contributed by atoms with E-state index in [1.165, 1.54) is 11.8 Å². The predicted molar refractivity (Wildman–Crippen MR) is 122 cm³/mol. The molecule has 5 N–H and O–H groups in total. The minimum absolute atomic E-state index is 0.110. The van der Waals surface area contributed by atoms with E-state index in [1.807, 2.05) is 0 Å². The smallest absolute Gasteiger partial charge is 0.416 e. The number of H-pyrrole nitrogens is 1. The first kappa shape index (κ1) is 26.9. The van der Waals surface area contributed by atoms with Crippen LogP contribution in [0.2, 0.25) is 0 Å². The van der Waals surface area contributed by atoms with Crippen molar-refractivity contribution in [2.24, 2.45) is 0 Å². The Bertz CT molecular complexity index is 1210. The topological polar surface area (TPSA) is 182 Å². The summed E-state index contributed by atoms with van der Waals surface area (Å²) in [5, 5.41) is 44.2. The van der Waals surface area contributed by atoms with E-state index in [2.05, 4.69) is 25.9 Å². The molecule has 0 aliphatic carbocycles. The molecule has 2 aliphatic rings. The van der Waals surface area contributed by atoms with Gasteiger partial charge < -0.3 is 20.6 Å². The molecule has 0 saturated carbocycles. The molecule has 4 rings (SSSR count). The average Bonchev–Trinajstić information content (AvgIpc) is 3.35. The number of aromatic nitrogens is 4. The van der Waals surface area contributed by atoms with Gasteiger partial charge in [-0.3, -0.25) is 14.5 Å². The highest BCUT2D eigenvalue weighted by Crippen LogP contribution is 2.44. The van der Waals surface area contributed by atoms with Crippen LogP contribution in [0.5, 0.6) is 0 Å². The number of carbonyl (C=O) groups excluding carboxylic acids is 1. The van der Waals surface area contributed by atoms with E-state index in [-0.39, 0.29) is 34.3 Å². The molecule has 3 heterocycles. The number of amides is 1. The van der Waals surface area contributed by atoms with Crippen molar-refractivity contribution in [3.8, 4) is 0 Å². The average molecular weight is 561 g/mol. The minimum atomic E-state index is -4.51. The van der Waals surface area contributed by atoms with Gasteiger partial charge in [0.15, 0.2) is 0 Å². The summed E-state index contributed by atoms with van der Waals surface area (Å²) in [6.07, 6.45) is -6.17. The summed E-state index contributed by atoms with van der Waals surface area (Å²) in [4.78, 5) is 37.6. The summed E-state index contributed by atoms with van der Waals surface area (Å²) in [5.41, 5.74) is -0.744. The Morgan fingerprint density at radius 3 is 2.54 bits per heavy atom. The van der Waals surface area contributed by atoms with Crippen molar-refractivity contribution in [1.29, 1.82) is 0 Å². The first-order chi connectivity index (χ1) is 17.5. The number of aliphatic hydroxyl groups is 1. The molecule has 2 aromatic rings. The molecule has 4 atom stereocenters. The van der Waals surface area contributed by atoms with Crippen LogP contribution in [0.25, 0.3) is 0 Å². The van der Waals surface area contributed by atoms with Crippen LogP contribution in [0.4, 0.5) is 13.2 Å². The lowest BCUT2D eigenvalue weighted by Crippen LogP contribution is -2.70. The summed E-state index contributed by atoms with van der Waals surface area (Å²) < 4.78 is 38.2. The van der Waals surface area contributed by atoms with Gasteiger partial charge in [-0.25, -0.2) is 4.79 Å². The van der Waals surface area contributed by atoms with Gasteiger partial charge in [-0.05, 0) is 28.5 Å². The molecule has 1 aromatic heterocycles. The van der Waals surface area contributed by atoms with Crippen LogP contribution in [0.1, 0.15) is 23.7 Å². The highest BCUT2D eigenvalue weighted by atomic mass is 32.2. The van der Waals surface area contributed by atoms with Gasteiger partial charge in [0, 0.05) is 17.5 Å². The molecule has 1 aromatic carbocycles. The zero-order valence-corrected chi connectivity index (χ0v) is 20.2. The fourth-order valence-electron chi connectivity index (χ4n) is 3.92. The molecule has 37 heavy (non-hydrogen) atoms. The van der Waals surface area contributed by atoms with Crippen LogP contribution in [-0.4, -0.2) is 87.7 Å². The Hall–Kier alpha value is -3.15. The monoisotopic (exact) mass is 560 g/mol. The number of thioether (sulfide) groups is 2. The van der Waals surface area contributed by atoms with E-state index in [9.17, 15) is 42.9 Å². The molecule has 3 unspecified atom stereocenters. The van der Waals surface area contributed by atoms with Crippen molar-refractivity contribution in [3.05, 3.63) is 46.7 Å². The van der Waals surface area contributed by atoms with Gasteiger partial charge in [-0.2, -0.15) is 18.4 Å². The quantitative estimate of drug-likeness (QED) is 0.206. The van der Waals surface area contributed by atoms with Crippen molar-refractivity contribution >= 4 is 41.4 Å². The van der Waals surface area contributed by atoms with Crippen molar-refractivity contribution in [2.75, 3.05) is 12.3 Å². The second-order valence-corrected chi connectivity index (χ2v) is 10.3. The fraction of sp³-hybridized carbons (Fsp3) is 0.400. The number of fused-ring (bicyclic) bond motifs is 1. The van der Waals surface area contributed by atoms with Crippen molar-refractivity contribution < 1.29 is 42.9 Å². The SMILES string of the molecule is O=C(O)CC(Sc1nn[nH]n1)C1=C(C(=O)O)N2C(=O)C(NCC(O)c3ccc(C(F)(F)F)cc3)[C@@H]2SC1. The molecule has 0 radical (unpaired) electrons. The third kappa shape index (κ3) is 5.73. The number of halogens is 3. The Morgan fingerprint density at radius 2 is 1.97 bits per heavy atom. The number of β-lactam (4-membered cyclic amide) rings is 1.